The first-order valence-corrected chi connectivity index (χ1v) is 6.92. The van der Waals surface area contributed by atoms with Gasteiger partial charge in [-0.3, -0.25) is 14.6 Å². The van der Waals surface area contributed by atoms with E-state index in [0.717, 1.165) is 6.42 Å². The van der Waals surface area contributed by atoms with Crippen LogP contribution in [0.1, 0.15) is 34.2 Å². The van der Waals surface area contributed by atoms with E-state index in [4.69, 9.17) is 0 Å². The molecule has 0 saturated carbocycles. The zero-order chi connectivity index (χ0) is 15.9. The van der Waals surface area contributed by atoms with Gasteiger partial charge in [0, 0.05) is 18.3 Å². The molecule has 0 aliphatic rings. The Morgan fingerprint density at radius 2 is 1.95 bits per heavy atom. The van der Waals surface area contributed by atoms with Crippen molar-refractivity contribution in [3.05, 3.63) is 59.7 Å². The van der Waals surface area contributed by atoms with Crippen LogP contribution in [-0.2, 0) is 0 Å². The molecule has 2 rings (SSSR count). The first-order chi connectivity index (χ1) is 10.6. The Hall–Kier alpha value is -2.76. The highest BCUT2D eigenvalue weighted by molar-refractivity contribution is 6.05. The van der Waals surface area contributed by atoms with Crippen molar-refractivity contribution in [2.45, 2.75) is 13.3 Å². The molecule has 2 aromatic rings. The lowest BCUT2D eigenvalue weighted by Gasteiger charge is -2.07. The number of halogens is 1. The average molecular weight is 301 g/mol. The standard InChI is InChI=1S/C16H16FN3O2/c1-2-8-19-16(22)14-10-11(7-9-18-14)15(21)20-13-6-4-3-5-12(13)17/h3-7,9-10H,2,8H2,1H3,(H,19,22)(H,20,21). The number of hydrogen-bond acceptors (Lipinski definition) is 3. The van der Waals surface area contributed by atoms with Gasteiger partial charge in [-0.1, -0.05) is 19.1 Å². The molecule has 0 bridgehead atoms. The van der Waals surface area contributed by atoms with E-state index in [9.17, 15) is 14.0 Å². The largest absolute Gasteiger partial charge is 0.351 e. The number of hydrogen-bond donors (Lipinski definition) is 2. The fraction of sp³-hybridized carbons (Fsp3) is 0.188. The van der Waals surface area contributed by atoms with Gasteiger partial charge in [0.25, 0.3) is 11.8 Å². The molecule has 5 nitrogen and oxygen atoms in total. The third-order valence-corrected chi connectivity index (χ3v) is 2.91. The molecule has 0 atom stereocenters. The molecule has 114 valence electrons. The Bertz CT molecular complexity index is 689. The monoisotopic (exact) mass is 301 g/mol. The van der Waals surface area contributed by atoms with E-state index < -0.39 is 11.7 Å². The Morgan fingerprint density at radius 3 is 2.68 bits per heavy atom. The van der Waals surface area contributed by atoms with Gasteiger partial charge in [-0.05, 0) is 30.7 Å². The summed E-state index contributed by atoms with van der Waals surface area (Å²) >= 11 is 0. The van der Waals surface area contributed by atoms with Crippen molar-refractivity contribution in [3.63, 3.8) is 0 Å². The zero-order valence-electron chi connectivity index (χ0n) is 12.1. The second-order valence-electron chi connectivity index (χ2n) is 4.62. The molecule has 6 heteroatoms. The van der Waals surface area contributed by atoms with E-state index in [1.54, 1.807) is 6.07 Å². The summed E-state index contributed by atoms with van der Waals surface area (Å²) < 4.78 is 13.5. The van der Waals surface area contributed by atoms with Crippen LogP contribution in [-0.4, -0.2) is 23.3 Å². The third kappa shape index (κ3) is 3.88. The molecular weight excluding hydrogens is 285 g/mol. The molecule has 0 fully saturated rings. The van der Waals surface area contributed by atoms with Crippen LogP contribution in [0.25, 0.3) is 0 Å². The number of para-hydroxylation sites is 1. The summed E-state index contributed by atoms with van der Waals surface area (Å²) in [5.74, 6) is -1.37. The minimum atomic E-state index is -0.522. The number of carbonyl (C=O) groups excluding carboxylic acids is 2. The molecule has 0 spiro atoms. The Morgan fingerprint density at radius 1 is 1.18 bits per heavy atom. The normalized spacial score (nSPS) is 10.1. The number of aromatic nitrogens is 1. The first-order valence-electron chi connectivity index (χ1n) is 6.92. The molecule has 0 aliphatic carbocycles. The molecule has 1 aromatic heterocycles. The fourth-order valence-corrected chi connectivity index (χ4v) is 1.78. The van der Waals surface area contributed by atoms with E-state index in [2.05, 4.69) is 15.6 Å². The Kier molecular flexibility index (Phi) is 5.19. The van der Waals surface area contributed by atoms with Gasteiger partial charge < -0.3 is 10.6 Å². The van der Waals surface area contributed by atoms with Gasteiger partial charge in [0.2, 0.25) is 0 Å². The van der Waals surface area contributed by atoms with Gasteiger partial charge in [0.05, 0.1) is 5.69 Å². The van der Waals surface area contributed by atoms with Crippen molar-refractivity contribution in [1.82, 2.24) is 10.3 Å². The SMILES string of the molecule is CCCNC(=O)c1cc(C(=O)Nc2ccccc2F)ccn1. The quantitative estimate of drug-likeness (QED) is 0.891. The van der Waals surface area contributed by atoms with Crippen LogP contribution in [0.15, 0.2) is 42.6 Å². The van der Waals surface area contributed by atoms with Gasteiger partial charge in [0.1, 0.15) is 11.5 Å². The summed E-state index contributed by atoms with van der Waals surface area (Å²) in [5.41, 5.74) is 0.468. The lowest BCUT2D eigenvalue weighted by molar-refractivity contribution is 0.0948. The summed E-state index contributed by atoms with van der Waals surface area (Å²) in [6, 6.07) is 8.71. The van der Waals surface area contributed by atoms with Gasteiger partial charge in [-0.15, -0.1) is 0 Å². The maximum atomic E-state index is 13.5. The molecule has 1 aromatic carbocycles. The highest BCUT2D eigenvalue weighted by Crippen LogP contribution is 2.14. The van der Waals surface area contributed by atoms with Crippen LogP contribution in [0.2, 0.25) is 0 Å². The predicted octanol–water partition coefficient (Wildman–Crippen LogP) is 2.61. The second-order valence-corrected chi connectivity index (χ2v) is 4.62. The molecule has 0 unspecified atom stereocenters. The summed E-state index contributed by atoms with van der Waals surface area (Å²) in [5, 5.41) is 5.14. The van der Waals surface area contributed by atoms with Crippen molar-refractivity contribution >= 4 is 17.5 Å². The predicted molar refractivity (Wildman–Crippen MR) is 81.2 cm³/mol. The fourth-order valence-electron chi connectivity index (χ4n) is 1.78. The maximum absolute atomic E-state index is 13.5. The van der Waals surface area contributed by atoms with Crippen LogP contribution in [0.3, 0.4) is 0 Å². The zero-order valence-corrected chi connectivity index (χ0v) is 12.1. The number of benzene rings is 1. The van der Waals surface area contributed by atoms with E-state index in [1.165, 1.54) is 36.5 Å². The van der Waals surface area contributed by atoms with Crippen LogP contribution >= 0.6 is 0 Å². The van der Waals surface area contributed by atoms with E-state index in [1.807, 2.05) is 6.92 Å². The molecular formula is C16H16FN3O2. The van der Waals surface area contributed by atoms with E-state index in [0.29, 0.717) is 6.54 Å². The van der Waals surface area contributed by atoms with Crippen molar-refractivity contribution in [2.75, 3.05) is 11.9 Å². The van der Waals surface area contributed by atoms with Crippen molar-refractivity contribution in [3.8, 4) is 0 Å². The summed E-state index contributed by atoms with van der Waals surface area (Å²) in [6.07, 6.45) is 2.18. The molecule has 0 radical (unpaired) electrons. The second kappa shape index (κ2) is 7.31. The van der Waals surface area contributed by atoms with Gasteiger partial charge in [-0.25, -0.2) is 4.39 Å². The van der Waals surface area contributed by atoms with Crippen molar-refractivity contribution in [2.24, 2.45) is 0 Å². The summed E-state index contributed by atoms with van der Waals surface area (Å²) in [4.78, 5) is 27.9. The molecule has 1 heterocycles. The smallest absolute Gasteiger partial charge is 0.269 e. The molecule has 22 heavy (non-hydrogen) atoms. The Balaban J connectivity index is 2.13. The van der Waals surface area contributed by atoms with Crippen molar-refractivity contribution < 1.29 is 14.0 Å². The molecule has 2 amide bonds. The van der Waals surface area contributed by atoms with Crippen molar-refractivity contribution in [1.29, 1.82) is 0 Å². The number of amides is 2. The van der Waals surface area contributed by atoms with E-state index >= 15 is 0 Å². The number of anilines is 1. The number of pyridine rings is 1. The molecule has 0 aliphatic heterocycles. The number of rotatable bonds is 5. The van der Waals surface area contributed by atoms with Gasteiger partial charge >= 0.3 is 0 Å². The highest BCUT2D eigenvalue weighted by atomic mass is 19.1. The lowest BCUT2D eigenvalue weighted by Crippen LogP contribution is -2.25. The van der Waals surface area contributed by atoms with Crippen LogP contribution < -0.4 is 10.6 Å². The summed E-state index contributed by atoms with van der Waals surface area (Å²) in [6.45, 7) is 2.47. The van der Waals surface area contributed by atoms with Crippen LogP contribution in [0, 0.1) is 5.82 Å². The number of nitrogens with zero attached hydrogens (tertiary/aromatic N) is 1. The number of carbonyl (C=O) groups is 2. The minimum absolute atomic E-state index is 0.0845. The van der Waals surface area contributed by atoms with E-state index in [-0.39, 0.29) is 22.9 Å². The van der Waals surface area contributed by atoms with Crippen LogP contribution in [0.4, 0.5) is 10.1 Å². The van der Waals surface area contributed by atoms with Gasteiger partial charge in [-0.2, -0.15) is 0 Å². The van der Waals surface area contributed by atoms with Crippen LogP contribution in [0.5, 0.6) is 0 Å². The topological polar surface area (TPSA) is 71.1 Å². The summed E-state index contributed by atoms with van der Waals surface area (Å²) in [7, 11) is 0. The maximum Gasteiger partial charge on any atom is 0.269 e. The Labute approximate surface area is 127 Å². The lowest BCUT2D eigenvalue weighted by atomic mass is 10.2. The average Bonchev–Trinajstić information content (AvgIpc) is 2.54. The van der Waals surface area contributed by atoms with Gasteiger partial charge in [0.15, 0.2) is 0 Å². The molecule has 2 N–H and O–H groups in total. The minimum Gasteiger partial charge on any atom is -0.351 e. The first kappa shape index (κ1) is 15.6. The molecule has 0 saturated heterocycles. The highest BCUT2D eigenvalue weighted by Gasteiger charge is 2.12. The number of nitrogens with one attached hydrogen (secondary N) is 2. The third-order valence-electron chi connectivity index (χ3n) is 2.91.